The number of rotatable bonds is 4. The molecule has 1 aromatic heterocycles. The van der Waals surface area contributed by atoms with E-state index in [1.807, 2.05) is 67.6 Å². The first-order valence-electron chi connectivity index (χ1n) is 8.81. The standard InChI is InChI=1S/C21H19N3O2S/c1-14-19(15-8-4-2-5-9-15)22-21(27-14)23-20(26)16-12-18(25)24(13-16)17-10-6-3-7-11-17/h2-11,16H,12-13H2,1H3,(H,22,23,26). The Balaban J connectivity index is 1.47. The van der Waals surface area contributed by atoms with Crippen molar-refractivity contribution in [3.8, 4) is 11.3 Å². The minimum absolute atomic E-state index is 0.0263. The van der Waals surface area contributed by atoms with Crippen molar-refractivity contribution in [1.82, 2.24) is 4.98 Å². The average molecular weight is 377 g/mol. The molecule has 5 nitrogen and oxygen atoms in total. The topological polar surface area (TPSA) is 62.3 Å². The van der Waals surface area contributed by atoms with Crippen molar-refractivity contribution in [3.63, 3.8) is 0 Å². The van der Waals surface area contributed by atoms with Crippen LogP contribution >= 0.6 is 11.3 Å². The smallest absolute Gasteiger partial charge is 0.231 e. The molecule has 1 atom stereocenters. The van der Waals surface area contributed by atoms with E-state index in [1.54, 1.807) is 4.90 Å². The third kappa shape index (κ3) is 3.61. The van der Waals surface area contributed by atoms with Crippen LogP contribution in [0.4, 0.5) is 10.8 Å². The Morgan fingerprint density at radius 1 is 1.11 bits per heavy atom. The molecule has 2 heterocycles. The molecule has 4 rings (SSSR count). The van der Waals surface area contributed by atoms with Crippen molar-refractivity contribution >= 4 is 34.0 Å². The van der Waals surface area contributed by atoms with E-state index >= 15 is 0 Å². The Bertz CT molecular complexity index is 970. The van der Waals surface area contributed by atoms with E-state index in [0.29, 0.717) is 11.7 Å². The van der Waals surface area contributed by atoms with Crippen LogP contribution in [0.5, 0.6) is 0 Å². The highest BCUT2D eigenvalue weighted by Gasteiger charge is 2.35. The molecule has 6 heteroatoms. The zero-order valence-electron chi connectivity index (χ0n) is 14.9. The first-order valence-corrected chi connectivity index (χ1v) is 9.62. The molecule has 1 saturated heterocycles. The third-order valence-corrected chi connectivity index (χ3v) is 5.52. The van der Waals surface area contributed by atoms with Gasteiger partial charge in [0.1, 0.15) is 0 Å². The Hall–Kier alpha value is -2.99. The van der Waals surface area contributed by atoms with E-state index in [0.717, 1.165) is 21.8 Å². The number of benzene rings is 2. The number of aryl methyl sites for hydroxylation is 1. The number of nitrogens with one attached hydrogen (secondary N) is 1. The maximum atomic E-state index is 12.7. The van der Waals surface area contributed by atoms with E-state index < -0.39 is 0 Å². The minimum Gasteiger partial charge on any atom is -0.312 e. The van der Waals surface area contributed by atoms with E-state index in [-0.39, 0.29) is 24.2 Å². The molecule has 0 aliphatic carbocycles. The minimum atomic E-state index is -0.373. The van der Waals surface area contributed by atoms with Crippen molar-refractivity contribution in [2.75, 3.05) is 16.8 Å². The van der Waals surface area contributed by atoms with Crippen LogP contribution in [0.1, 0.15) is 11.3 Å². The van der Waals surface area contributed by atoms with Gasteiger partial charge < -0.3 is 10.2 Å². The number of hydrogen-bond donors (Lipinski definition) is 1. The average Bonchev–Trinajstić information content (AvgIpc) is 3.26. The van der Waals surface area contributed by atoms with Crippen LogP contribution in [0.2, 0.25) is 0 Å². The van der Waals surface area contributed by atoms with Gasteiger partial charge in [0.15, 0.2) is 5.13 Å². The molecule has 1 fully saturated rings. The van der Waals surface area contributed by atoms with Gasteiger partial charge in [0.25, 0.3) is 0 Å². The van der Waals surface area contributed by atoms with E-state index in [1.165, 1.54) is 11.3 Å². The van der Waals surface area contributed by atoms with Crippen molar-refractivity contribution in [1.29, 1.82) is 0 Å². The summed E-state index contributed by atoms with van der Waals surface area (Å²) in [5.74, 6) is -0.557. The summed E-state index contributed by atoms with van der Waals surface area (Å²) in [6, 6.07) is 19.3. The number of aromatic nitrogens is 1. The van der Waals surface area contributed by atoms with Gasteiger partial charge in [-0.3, -0.25) is 9.59 Å². The van der Waals surface area contributed by atoms with Gasteiger partial charge in [-0.2, -0.15) is 0 Å². The fraction of sp³-hybridized carbons (Fsp3) is 0.190. The highest BCUT2D eigenvalue weighted by molar-refractivity contribution is 7.16. The monoisotopic (exact) mass is 377 g/mol. The normalized spacial score (nSPS) is 16.6. The Morgan fingerprint density at radius 3 is 2.48 bits per heavy atom. The second-order valence-electron chi connectivity index (χ2n) is 6.52. The molecule has 2 aromatic carbocycles. The highest BCUT2D eigenvalue weighted by Crippen LogP contribution is 2.31. The van der Waals surface area contributed by atoms with Crippen LogP contribution in [0.15, 0.2) is 60.7 Å². The number of carbonyl (C=O) groups is 2. The summed E-state index contributed by atoms with van der Waals surface area (Å²) < 4.78 is 0. The van der Waals surface area contributed by atoms with E-state index in [2.05, 4.69) is 10.3 Å². The largest absolute Gasteiger partial charge is 0.312 e. The van der Waals surface area contributed by atoms with Gasteiger partial charge in [-0.1, -0.05) is 48.5 Å². The third-order valence-electron chi connectivity index (χ3n) is 4.64. The summed E-state index contributed by atoms with van der Waals surface area (Å²) in [4.78, 5) is 32.3. The van der Waals surface area contributed by atoms with Crippen molar-refractivity contribution in [3.05, 3.63) is 65.5 Å². The van der Waals surface area contributed by atoms with Crippen molar-refractivity contribution in [2.24, 2.45) is 5.92 Å². The number of thiazole rings is 1. The quantitative estimate of drug-likeness (QED) is 0.744. The number of amides is 2. The number of para-hydroxylation sites is 1. The summed E-state index contributed by atoms with van der Waals surface area (Å²) in [7, 11) is 0. The lowest BCUT2D eigenvalue weighted by atomic mass is 10.1. The van der Waals surface area contributed by atoms with Crippen LogP contribution in [0.25, 0.3) is 11.3 Å². The van der Waals surface area contributed by atoms with Gasteiger partial charge in [0.05, 0.1) is 11.6 Å². The molecule has 1 aliphatic rings. The Labute approximate surface area is 161 Å². The maximum absolute atomic E-state index is 12.7. The predicted octanol–water partition coefficient (Wildman–Crippen LogP) is 4.11. The molecule has 3 aromatic rings. The van der Waals surface area contributed by atoms with Crippen LogP contribution < -0.4 is 10.2 Å². The zero-order chi connectivity index (χ0) is 18.8. The van der Waals surface area contributed by atoms with Gasteiger partial charge in [-0.25, -0.2) is 4.98 Å². The molecule has 0 bridgehead atoms. The van der Waals surface area contributed by atoms with Gasteiger partial charge >= 0.3 is 0 Å². The summed E-state index contributed by atoms with van der Waals surface area (Å²) in [6.45, 7) is 2.39. The van der Waals surface area contributed by atoms with Crippen LogP contribution in [-0.2, 0) is 9.59 Å². The molecular weight excluding hydrogens is 358 g/mol. The molecule has 136 valence electrons. The molecule has 0 spiro atoms. The summed E-state index contributed by atoms with van der Waals surface area (Å²) in [6.07, 6.45) is 0.219. The van der Waals surface area contributed by atoms with Crippen LogP contribution in [0.3, 0.4) is 0 Å². The summed E-state index contributed by atoms with van der Waals surface area (Å²) in [5, 5.41) is 3.47. The predicted molar refractivity (Wildman–Crippen MR) is 108 cm³/mol. The van der Waals surface area contributed by atoms with Crippen molar-refractivity contribution < 1.29 is 9.59 Å². The van der Waals surface area contributed by atoms with Crippen LogP contribution in [0, 0.1) is 12.8 Å². The molecule has 1 unspecified atom stereocenters. The Kier molecular flexibility index (Phi) is 4.73. The number of anilines is 2. The molecule has 27 heavy (non-hydrogen) atoms. The number of carbonyl (C=O) groups excluding carboxylic acids is 2. The second-order valence-corrected chi connectivity index (χ2v) is 7.72. The molecule has 0 saturated carbocycles. The SMILES string of the molecule is Cc1sc(NC(=O)C2CC(=O)N(c3ccccc3)C2)nc1-c1ccccc1. The van der Waals surface area contributed by atoms with Gasteiger partial charge in [-0.05, 0) is 19.1 Å². The summed E-state index contributed by atoms with van der Waals surface area (Å²) in [5.41, 5.74) is 2.73. The lowest BCUT2D eigenvalue weighted by Gasteiger charge is -2.16. The highest BCUT2D eigenvalue weighted by atomic mass is 32.1. The summed E-state index contributed by atoms with van der Waals surface area (Å²) >= 11 is 1.45. The van der Waals surface area contributed by atoms with Gasteiger partial charge in [0, 0.05) is 29.1 Å². The Morgan fingerprint density at radius 2 is 1.78 bits per heavy atom. The van der Waals surface area contributed by atoms with Crippen LogP contribution in [-0.4, -0.2) is 23.3 Å². The fourth-order valence-corrected chi connectivity index (χ4v) is 4.10. The number of nitrogens with zero attached hydrogens (tertiary/aromatic N) is 2. The van der Waals surface area contributed by atoms with Crippen molar-refractivity contribution in [2.45, 2.75) is 13.3 Å². The molecule has 1 aliphatic heterocycles. The first kappa shape index (κ1) is 17.4. The number of hydrogen-bond acceptors (Lipinski definition) is 4. The molecular formula is C21H19N3O2S. The van der Waals surface area contributed by atoms with Gasteiger partial charge in [-0.15, -0.1) is 11.3 Å². The fourth-order valence-electron chi connectivity index (χ4n) is 3.26. The molecule has 0 radical (unpaired) electrons. The lowest BCUT2D eigenvalue weighted by Crippen LogP contribution is -2.28. The lowest BCUT2D eigenvalue weighted by molar-refractivity contribution is -0.122. The van der Waals surface area contributed by atoms with E-state index in [9.17, 15) is 9.59 Å². The molecule has 2 amide bonds. The van der Waals surface area contributed by atoms with Gasteiger partial charge in [0.2, 0.25) is 11.8 Å². The van der Waals surface area contributed by atoms with E-state index in [4.69, 9.17) is 0 Å². The maximum Gasteiger partial charge on any atom is 0.231 e. The zero-order valence-corrected chi connectivity index (χ0v) is 15.7. The first-order chi connectivity index (χ1) is 13.1. The molecule has 1 N–H and O–H groups in total. The second kappa shape index (κ2) is 7.32.